The summed E-state index contributed by atoms with van der Waals surface area (Å²) in [6, 6.07) is 13.7. The number of amides is 1. The largest absolute Gasteiger partial charge is 0.454 e. The second-order valence-electron chi connectivity index (χ2n) is 5.76. The molecule has 0 aromatic heterocycles. The molecule has 136 valence electrons. The molecule has 2 aromatic rings. The third kappa shape index (κ3) is 6.01. The van der Waals surface area contributed by atoms with Crippen LogP contribution in [0.1, 0.15) is 39.6 Å². The first-order valence-corrected chi connectivity index (χ1v) is 8.63. The minimum absolute atomic E-state index is 0.0442. The Bertz CT molecular complexity index is 787. The molecular weight excluding hydrogens is 354 g/mol. The molecule has 0 spiro atoms. The lowest BCUT2D eigenvalue weighted by Gasteiger charge is -2.07. The molecule has 0 radical (unpaired) electrons. The van der Waals surface area contributed by atoms with Gasteiger partial charge < -0.3 is 10.1 Å². The number of ether oxygens (including phenoxy) is 1. The van der Waals surface area contributed by atoms with Crippen LogP contribution in [0.3, 0.4) is 0 Å². The summed E-state index contributed by atoms with van der Waals surface area (Å²) in [6.07, 6.45) is 1.62. The van der Waals surface area contributed by atoms with Gasteiger partial charge in [0.25, 0.3) is 0 Å². The van der Waals surface area contributed by atoms with Crippen molar-refractivity contribution in [3.05, 3.63) is 70.2 Å². The van der Waals surface area contributed by atoms with Gasteiger partial charge >= 0.3 is 5.97 Å². The first-order valence-electron chi connectivity index (χ1n) is 8.25. The molecule has 0 saturated carbocycles. The van der Waals surface area contributed by atoms with Crippen molar-refractivity contribution < 1.29 is 19.1 Å². The average molecular weight is 374 g/mol. The molecule has 2 rings (SSSR count). The Balaban J connectivity index is 1.83. The van der Waals surface area contributed by atoms with Crippen molar-refractivity contribution in [3.63, 3.8) is 0 Å². The Morgan fingerprint density at radius 3 is 2.38 bits per heavy atom. The fourth-order valence-corrected chi connectivity index (χ4v) is 2.55. The first kappa shape index (κ1) is 19.7. The van der Waals surface area contributed by atoms with Gasteiger partial charge in [0.1, 0.15) is 0 Å². The molecule has 0 aliphatic carbocycles. The van der Waals surface area contributed by atoms with Crippen LogP contribution >= 0.6 is 11.6 Å². The number of ketones is 1. The normalized spacial score (nSPS) is 10.2. The van der Waals surface area contributed by atoms with Gasteiger partial charge in [-0.2, -0.15) is 0 Å². The van der Waals surface area contributed by atoms with Crippen molar-refractivity contribution in [3.8, 4) is 0 Å². The maximum atomic E-state index is 12.2. The van der Waals surface area contributed by atoms with E-state index in [9.17, 15) is 14.4 Å². The van der Waals surface area contributed by atoms with Crippen LogP contribution in [-0.2, 0) is 16.0 Å². The molecule has 1 amide bonds. The molecule has 5 nitrogen and oxygen atoms in total. The molecule has 0 heterocycles. The summed E-state index contributed by atoms with van der Waals surface area (Å²) in [5, 5.41) is 3.02. The Hall–Kier alpha value is -2.66. The summed E-state index contributed by atoms with van der Waals surface area (Å²) in [7, 11) is 0. The molecule has 0 fully saturated rings. The van der Waals surface area contributed by atoms with Gasteiger partial charge in [0.2, 0.25) is 5.91 Å². The summed E-state index contributed by atoms with van der Waals surface area (Å²) in [5.41, 5.74) is 1.78. The second kappa shape index (κ2) is 9.73. The van der Waals surface area contributed by atoms with Crippen molar-refractivity contribution in [1.29, 1.82) is 0 Å². The summed E-state index contributed by atoms with van der Waals surface area (Å²) in [6.45, 7) is 1.76. The van der Waals surface area contributed by atoms with Crippen LogP contribution in [0.15, 0.2) is 48.5 Å². The number of aryl methyl sites for hydroxylation is 1. The van der Waals surface area contributed by atoms with E-state index in [0.29, 0.717) is 12.1 Å². The van der Waals surface area contributed by atoms with Crippen molar-refractivity contribution in [2.24, 2.45) is 0 Å². The molecule has 0 aliphatic rings. The Morgan fingerprint density at radius 1 is 1.04 bits per heavy atom. The molecule has 0 unspecified atom stereocenters. The van der Waals surface area contributed by atoms with Crippen LogP contribution in [0.2, 0.25) is 5.02 Å². The van der Waals surface area contributed by atoms with E-state index in [2.05, 4.69) is 5.32 Å². The van der Waals surface area contributed by atoms with E-state index in [1.807, 2.05) is 12.1 Å². The van der Waals surface area contributed by atoms with Crippen molar-refractivity contribution >= 4 is 29.3 Å². The van der Waals surface area contributed by atoms with Crippen LogP contribution < -0.4 is 5.32 Å². The van der Waals surface area contributed by atoms with E-state index < -0.39 is 5.97 Å². The van der Waals surface area contributed by atoms with Gasteiger partial charge in [-0.05, 0) is 30.5 Å². The van der Waals surface area contributed by atoms with Crippen LogP contribution in [0.5, 0.6) is 0 Å². The first-order chi connectivity index (χ1) is 12.5. The number of carbonyl (C=O) groups is 3. The fourth-order valence-electron chi connectivity index (χ4n) is 2.33. The SMILES string of the molecule is CC(=O)NCCCc1ccc(C(=O)COC(=O)c2ccccc2Cl)cc1. The number of hydrogen-bond donors (Lipinski definition) is 1. The minimum Gasteiger partial charge on any atom is -0.454 e. The number of nitrogens with one attached hydrogen (secondary N) is 1. The highest BCUT2D eigenvalue weighted by molar-refractivity contribution is 6.33. The van der Waals surface area contributed by atoms with Gasteiger partial charge in [0, 0.05) is 19.0 Å². The standard InChI is InChI=1S/C20H20ClNO4/c1-14(23)22-12-4-5-15-8-10-16(11-9-15)19(24)13-26-20(25)17-6-2-3-7-18(17)21/h2-3,6-11H,4-5,12-13H2,1H3,(H,22,23). The molecule has 0 saturated heterocycles. The van der Waals surface area contributed by atoms with E-state index in [-0.39, 0.29) is 28.9 Å². The number of halogens is 1. The van der Waals surface area contributed by atoms with Crippen molar-refractivity contribution in [1.82, 2.24) is 5.32 Å². The van der Waals surface area contributed by atoms with E-state index >= 15 is 0 Å². The quantitative estimate of drug-likeness (QED) is 0.437. The van der Waals surface area contributed by atoms with Crippen LogP contribution in [0.25, 0.3) is 0 Å². The third-order valence-electron chi connectivity index (χ3n) is 3.72. The average Bonchev–Trinajstić information content (AvgIpc) is 2.63. The number of carbonyl (C=O) groups excluding carboxylic acids is 3. The molecule has 1 N–H and O–H groups in total. The third-order valence-corrected chi connectivity index (χ3v) is 4.05. The number of esters is 1. The molecule has 2 aromatic carbocycles. The zero-order chi connectivity index (χ0) is 18.9. The molecule has 6 heteroatoms. The predicted octanol–water partition coefficient (Wildman–Crippen LogP) is 3.45. The Morgan fingerprint density at radius 2 is 1.73 bits per heavy atom. The van der Waals surface area contributed by atoms with Gasteiger partial charge in [0.15, 0.2) is 12.4 Å². The summed E-state index contributed by atoms with van der Waals surface area (Å²) in [5.74, 6) is -0.953. The van der Waals surface area contributed by atoms with Gasteiger partial charge in [-0.1, -0.05) is 48.0 Å². The van der Waals surface area contributed by atoms with Crippen LogP contribution in [0.4, 0.5) is 0 Å². The van der Waals surface area contributed by atoms with Gasteiger partial charge in [-0.15, -0.1) is 0 Å². The topological polar surface area (TPSA) is 72.5 Å². The van der Waals surface area contributed by atoms with Crippen LogP contribution in [0, 0.1) is 0 Å². The van der Waals surface area contributed by atoms with Gasteiger partial charge in [-0.3, -0.25) is 9.59 Å². The zero-order valence-electron chi connectivity index (χ0n) is 14.5. The predicted molar refractivity (Wildman–Crippen MR) is 99.5 cm³/mol. The minimum atomic E-state index is -0.626. The van der Waals surface area contributed by atoms with Crippen molar-refractivity contribution in [2.75, 3.05) is 13.2 Å². The lowest BCUT2D eigenvalue weighted by atomic mass is 10.1. The number of rotatable bonds is 8. The smallest absolute Gasteiger partial charge is 0.340 e. The Labute approximate surface area is 157 Å². The van der Waals surface area contributed by atoms with Crippen LogP contribution in [-0.4, -0.2) is 30.8 Å². The summed E-state index contributed by atoms with van der Waals surface area (Å²) < 4.78 is 5.04. The number of benzene rings is 2. The zero-order valence-corrected chi connectivity index (χ0v) is 15.2. The lowest BCUT2D eigenvalue weighted by molar-refractivity contribution is -0.118. The van der Waals surface area contributed by atoms with E-state index in [4.69, 9.17) is 16.3 Å². The summed E-state index contributed by atoms with van der Waals surface area (Å²) in [4.78, 5) is 34.9. The monoisotopic (exact) mass is 373 g/mol. The molecular formula is C20H20ClNO4. The number of Topliss-reactive ketones (excluding diaryl/α,β-unsaturated/α-hetero) is 1. The van der Waals surface area contributed by atoms with E-state index in [1.165, 1.54) is 6.92 Å². The van der Waals surface area contributed by atoms with E-state index in [1.54, 1.807) is 36.4 Å². The fraction of sp³-hybridized carbons (Fsp3) is 0.250. The molecule has 0 bridgehead atoms. The highest BCUT2D eigenvalue weighted by atomic mass is 35.5. The number of hydrogen-bond acceptors (Lipinski definition) is 4. The van der Waals surface area contributed by atoms with Gasteiger partial charge in [0.05, 0.1) is 10.6 Å². The maximum absolute atomic E-state index is 12.2. The highest BCUT2D eigenvalue weighted by Gasteiger charge is 2.14. The molecule has 26 heavy (non-hydrogen) atoms. The van der Waals surface area contributed by atoms with E-state index in [0.717, 1.165) is 18.4 Å². The molecule has 0 atom stereocenters. The second-order valence-corrected chi connectivity index (χ2v) is 6.17. The molecule has 0 aliphatic heterocycles. The van der Waals surface area contributed by atoms with Gasteiger partial charge in [-0.25, -0.2) is 4.79 Å². The summed E-state index contributed by atoms with van der Waals surface area (Å²) >= 11 is 5.93. The lowest BCUT2D eigenvalue weighted by Crippen LogP contribution is -2.21. The Kier molecular flexibility index (Phi) is 7.36. The maximum Gasteiger partial charge on any atom is 0.340 e. The highest BCUT2D eigenvalue weighted by Crippen LogP contribution is 2.16. The van der Waals surface area contributed by atoms with Crippen molar-refractivity contribution in [2.45, 2.75) is 19.8 Å².